The van der Waals surface area contributed by atoms with Gasteiger partial charge in [0.15, 0.2) is 11.5 Å². The molecule has 5 aromatic heterocycles. The van der Waals surface area contributed by atoms with Crippen LogP contribution in [0.4, 0.5) is 8.78 Å². The van der Waals surface area contributed by atoms with Gasteiger partial charge in [-0.2, -0.15) is 5.10 Å². The van der Waals surface area contributed by atoms with Crippen LogP contribution in [-0.4, -0.2) is 59.0 Å². The molecule has 0 amide bonds. The van der Waals surface area contributed by atoms with Gasteiger partial charge in [-0.3, -0.25) is 20.0 Å². The van der Waals surface area contributed by atoms with Crippen LogP contribution in [0.25, 0.3) is 56.0 Å². The summed E-state index contributed by atoms with van der Waals surface area (Å²) >= 11 is 0. The van der Waals surface area contributed by atoms with E-state index in [9.17, 15) is 8.78 Å². The van der Waals surface area contributed by atoms with E-state index in [0.29, 0.717) is 30.3 Å². The maximum Gasteiger partial charge on any atom is 0.261 e. The average Bonchev–Trinajstić information content (AvgIpc) is 3.64. The fourth-order valence-corrected chi connectivity index (χ4v) is 5.06. The molecule has 10 heteroatoms. The number of rotatable bonds is 5. The van der Waals surface area contributed by atoms with Gasteiger partial charge < -0.3 is 4.98 Å². The maximum atomic E-state index is 13.6. The minimum atomic E-state index is -2.61. The van der Waals surface area contributed by atoms with E-state index in [2.05, 4.69) is 30.1 Å². The van der Waals surface area contributed by atoms with Gasteiger partial charge in [0, 0.05) is 60.8 Å². The summed E-state index contributed by atoms with van der Waals surface area (Å²) in [4.78, 5) is 23.2. The topological polar surface area (TPSA) is 99.3 Å². The zero-order chi connectivity index (χ0) is 25.7. The van der Waals surface area contributed by atoms with E-state index >= 15 is 0 Å². The molecule has 7 rings (SSSR count). The van der Waals surface area contributed by atoms with E-state index in [1.165, 1.54) is 0 Å². The Labute approximate surface area is 215 Å². The second kappa shape index (κ2) is 8.77. The molecule has 0 aliphatic carbocycles. The molecular weight excluding hydrogens is 486 g/mol. The van der Waals surface area contributed by atoms with Crippen molar-refractivity contribution in [3.8, 4) is 33.9 Å². The Hall–Kier alpha value is -4.57. The number of nitrogens with one attached hydrogen (secondary N) is 2. The third-order valence-corrected chi connectivity index (χ3v) is 6.90. The molecule has 1 aliphatic heterocycles. The number of hydrogen-bond acceptors (Lipinski definition) is 6. The number of nitrogens with zero attached hydrogens (tertiary/aromatic N) is 6. The minimum absolute atomic E-state index is 0.0965. The van der Waals surface area contributed by atoms with Crippen LogP contribution in [0.3, 0.4) is 0 Å². The molecule has 0 radical (unpaired) electrons. The lowest BCUT2D eigenvalue weighted by atomic mass is 10.0. The van der Waals surface area contributed by atoms with Crippen molar-refractivity contribution in [2.24, 2.45) is 0 Å². The van der Waals surface area contributed by atoms with Gasteiger partial charge in [0.2, 0.25) is 0 Å². The molecule has 0 spiro atoms. The van der Waals surface area contributed by atoms with E-state index in [1.807, 2.05) is 48.5 Å². The molecule has 1 fully saturated rings. The molecular formula is C28H22F2N8. The van der Waals surface area contributed by atoms with Crippen LogP contribution in [-0.2, 0) is 6.54 Å². The molecule has 8 nitrogen and oxygen atoms in total. The van der Waals surface area contributed by atoms with E-state index in [1.54, 1.807) is 29.7 Å². The zero-order valence-corrected chi connectivity index (χ0v) is 20.2. The summed E-state index contributed by atoms with van der Waals surface area (Å²) in [6, 6.07) is 15.7. The molecule has 6 heterocycles. The lowest BCUT2D eigenvalue weighted by molar-refractivity contribution is 0.0115. The lowest BCUT2D eigenvalue weighted by Crippen LogP contribution is -2.24. The highest BCUT2D eigenvalue weighted by molar-refractivity contribution is 5.97. The smallest absolute Gasteiger partial charge is 0.261 e. The van der Waals surface area contributed by atoms with Crippen molar-refractivity contribution in [3.05, 3.63) is 78.9 Å². The molecule has 1 aliphatic rings. The first kappa shape index (κ1) is 22.6. The molecule has 0 bridgehead atoms. The Balaban J connectivity index is 1.24. The highest BCUT2D eigenvalue weighted by Gasteiger charge is 2.37. The van der Waals surface area contributed by atoms with Crippen molar-refractivity contribution in [2.75, 3.05) is 13.1 Å². The summed E-state index contributed by atoms with van der Waals surface area (Å²) in [5.41, 5.74) is 7.41. The monoisotopic (exact) mass is 508 g/mol. The zero-order valence-electron chi connectivity index (χ0n) is 20.2. The van der Waals surface area contributed by atoms with Gasteiger partial charge in [0.25, 0.3) is 5.92 Å². The molecule has 188 valence electrons. The van der Waals surface area contributed by atoms with Gasteiger partial charge in [0.1, 0.15) is 5.69 Å². The lowest BCUT2D eigenvalue weighted by Gasteiger charge is -2.15. The van der Waals surface area contributed by atoms with E-state index in [-0.39, 0.29) is 13.0 Å². The van der Waals surface area contributed by atoms with Crippen molar-refractivity contribution in [1.82, 2.24) is 40.0 Å². The maximum absolute atomic E-state index is 13.6. The Morgan fingerprint density at radius 2 is 1.92 bits per heavy atom. The summed E-state index contributed by atoms with van der Waals surface area (Å²) in [7, 11) is 0. The van der Waals surface area contributed by atoms with Crippen LogP contribution in [0.15, 0.2) is 73.3 Å². The fourth-order valence-electron chi connectivity index (χ4n) is 5.06. The van der Waals surface area contributed by atoms with E-state index in [0.717, 1.165) is 44.4 Å². The number of aromatic nitrogens is 7. The van der Waals surface area contributed by atoms with Crippen LogP contribution < -0.4 is 0 Å². The highest BCUT2D eigenvalue weighted by Crippen LogP contribution is 2.33. The van der Waals surface area contributed by atoms with Crippen LogP contribution in [0.1, 0.15) is 12.0 Å². The molecule has 2 N–H and O–H groups in total. The number of fused-ring (bicyclic) bond motifs is 2. The van der Waals surface area contributed by atoms with Gasteiger partial charge >= 0.3 is 0 Å². The fraction of sp³-hybridized carbons (Fsp3) is 0.179. The van der Waals surface area contributed by atoms with Crippen LogP contribution >= 0.6 is 0 Å². The number of alkyl halides is 2. The molecule has 0 atom stereocenters. The molecule has 1 saturated heterocycles. The molecule has 0 saturated carbocycles. The number of benzene rings is 1. The second-order valence-electron chi connectivity index (χ2n) is 9.59. The molecule has 6 aromatic rings. The summed E-state index contributed by atoms with van der Waals surface area (Å²) < 4.78 is 27.3. The van der Waals surface area contributed by atoms with Crippen LogP contribution in [0.5, 0.6) is 0 Å². The molecule has 38 heavy (non-hydrogen) atoms. The van der Waals surface area contributed by atoms with Gasteiger partial charge in [-0.15, -0.1) is 0 Å². The first-order valence-corrected chi connectivity index (χ1v) is 12.3. The number of H-pyrrole nitrogens is 2. The number of imidazole rings is 1. The van der Waals surface area contributed by atoms with Crippen molar-refractivity contribution >= 4 is 22.1 Å². The summed E-state index contributed by atoms with van der Waals surface area (Å²) in [5.74, 6) is -2.01. The highest BCUT2D eigenvalue weighted by atomic mass is 19.3. The van der Waals surface area contributed by atoms with E-state index in [4.69, 9.17) is 4.98 Å². The Kier molecular flexibility index (Phi) is 5.22. The predicted molar refractivity (Wildman–Crippen MR) is 140 cm³/mol. The number of pyridine rings is 3. The van der Waals surface area contributed by atoms with Crippen LogP contribution in [0.2, 0.25) is 0 Å². The van der Waals surface area contributed by atoms with Crippen molar-refractivity contribution in [3.63, 3.8) is 0 Å². The first-order chi connectivity index (χ1) is 18.5. The SMILES string of the molecule is FC1(F)CCN(Cc2cncc(-c3ccc4[nH]nc(-c5nc6nccc(-c7ccccn7)c6[nH]5)c4c3)c2)C1. The average molecular weight is 509 g/mol. The number of aromatic amines is 2. The van der Waals surface area contributed by atoms with E-state index < -0.39 is 5.92 Å². The van der Waals surface area contributed by atoms with Gasteiger partial charge in [-0.25, -0.2) is 18.7 Å². The third kappa shape index (κ3) is 4.08. The van der Waals surface area contributed by atoms with Gasteiger partial charge in [0.05, 0.1) is 23.3 Å². The quantitative estimate of drug-likeness (QED) is 0.321. The summed E-state index contributed by atoms with van der Waals surface area (Å²) in [5, 5.41) is 8.52. The largest absolute Gasteiger partial charge is 0.335 e. The van der Waals surface area contributed by atoms with Crippen molar-refractivity contribution in [2.45, 2.75) is 18.9 Å². The van der Waals surface area contributed by atoms with Gasteiger partial charge in [-0.05, 0) is 47.5 Å². The number of halogens is 2. The first-order valence-electron chi connectivity index (χ1n) is 12.3. The summed E-state index contributed by atoms with van der Waals surface area (Å²) in [6.07, 6.45) is 6.91. The minimum Gasteiger partial charge on any atom is -0.335 e. The Morgan fingerprint density at radius 1 is 0.974 bits per heavy atom. The Morgan fingerprint density at radius 3 is 2.76 bits per heavy atom. The third-order valence-electron chi connectivity index (χ3n) is 6.90. The Bertz CT molecular complexity index is 1780. The van der Waals surface area contributed by atoms with Crippen LogP contribution in [0, 0.1) is 0 Å². The number of hydrogen-bond donors (Lipinski definition) is 2. The van der Waals surface area contributed by atoms with Gasteiger partial charge in [-0.1, -0.05) is 12.1 Å². The van der Waals surface area contributed by atoms with Crippen molar-refractivity contribution in [1.29, 1.82) is 0 Å². The normalized spacial score (nSPS) is 15.5. The molecule has 0 unspecified atom stereocenters. The standard InChI is InChI=1S/C28H22F2N8/c29-28(30)7-10-38(16-28)15-17-11-19(14-31-13-17)18-4-5-23-21(12-18)25(37-36-23)27-34-24-20(6-9-33-26(24)35-27)22-3-1-2-8-32-22/h1-6,8-9,11-14H,7,10,15-16H2,(H,36,37)(H,33,34,35). The predicted octanol–water partition coefficient (Wildman–Crippen LogP) is 5.47. The van der Waals surface area contributed by atoms with Crippen molar-refractivity contribution < 1.29 is 8.78 Å². The molecule has 1 aromatic carbocycles. The summed E-state index contributed by atoms with van der Waals surface area (Å²) in [6.45, 7) is 0.617. The number of likely N-dealkylation sites (tertiary alicyclic amines) is 1. The second-order valence-corrected chi connectivity index (χ2v) is 9.59.